The molecule has 3 amide bonds. The van der Waals surface area contributed by atoms with Gasteiger partial charge < -0.3 is 16.0 Å². The number of hydrogen-bond donors (Lipinski definition) is 2. The molecule has 3 N–H and O–H groups in total. The number of nitrogens with zero attached hydrogens (tertiary/aromatic N) is 1. The van der Waals surface area contributed by atoms with E-state index in [1.165, 1.54) is 0 Å². The van der Waals surface area contributed by atoms with E-state index in [9.17, 15) is 14.4 Å². The molecule has 2 rings (SSSR count). The lowest BCUT2D eigenvalue weighted by atomic mass is 9.97. The number of piperidine rings is 1. The number of primary amides is 1. The van der Waals surface area contributed by atoms with Crippen molar-refractivity contribution in [2.75, 3.05) is 13.1 Å². The Labute approximate surface area is 142 Å². The molecule has 1 unspecified atom stereocenters. The van der Waals surface area contributed by atoms with Crippen molar-refractivity contribution >= 4 is 17.7 Å². The second-order valence-corrected chi connectivity index (χ2v) is 7.27. The second kappa shape index (κ2) is 7.03. The van der Waals surface area contributed by atoms with E-state index < -0.39 is 0 Å². The second-order valence-electron chi connectivity index (χ2n) is 7.27. The first-order valence-electron chi connectivity index (χ1n) is 8.18. The minimum atomic E-state index is -0.360. The Bertz CT molecular complexity index is 632. The molecule has 0 radical (unpaired) electrons. The molecule has 0 aromatic heterocycles. The molecular formula is C18H25N3O3. The van der Waals surface area contributed by atoms with Crippen LogP contribution in [0.1, 0.15) is 54.3 Å². The summed E-state index contributed by atoms with van der Waals surface area (Å²) in [5.41, 5.74) is 6.05. The van der Waals surface area contributed by atoms with Gasteiger partial charge in [-0.1, -0.05) is 0 Å². The molecule has 0 aliphatic carbocycles. The maximum absolute atomic E-state index is 12.6. The third kappa shape index (κ3) is 4.57. The van der Waals surface area contributed by atoms with Gasteiger partial charge in [0, 0.05) is 29.8 Å². The van der Waals surface area contributed by atoms with Crippen LogP contribution in [0.2, 0.25) is 0 Å². The van der Waals surface area contributed by atoms with Crippen LogP contribution in [0, 0.1) is 5.92 Å². The van der Waals surface area contributed by atoms with Gasteiger partial charge >= 0.3 is 0 Å². The summed E-state index contributed by atoms with van der Waals surface area (Å²) in [7, 11) is 0. The van der Waals surface area contributed by atoms with Gasteiger partial charge in [-0.25, -0.2) is 0 Å². The quantitative estimate of drug-likeness (QED) is 0.880. The average molecular weight is 331 g/mol. The number of carbonyl (C=O) groups excluding carboxylic acids is 3. The van der Waals surface area contributed by atoms with Gasteiger partial charge in [0.1, 0.15) is 0 Å². The monoisotopic (exact) mass is 331 g/mol. The number of nitrogens with two attached hydrogens (primary N) is 1. The summed E-state index contributed by atoms with van der Waals surface area (Å²) in [6.45, 7) is 6.71. The third-order valence-corrected chi connectivity index (χ3v) is 3.99. The van der Waals surface area contributed by atoms with Crippen LogP contribution in [0.5, 0.6) is 0 Å². The summed E-state index contributed by atoms with van der Waals surface area (Å²) < 4.78 is 0. The number of carbonyl (C=O) groups is 3. The van der Waals surface area contributed by atoms with E-state index in [-0.39, 0.29) is 29.2 Å². The maximum Gasteiger partial charge on any atom is 0.253 e. The average Bonchev–Trinajstić information content (AvgIpc) is 2.53. The van der Waals surface area contributed by atoms with Gasteiger partial charge in [-0.2, -0.15) is 0 Å². The number of hydrogen-bond acceptors (Lipinski definition) is 3. The zero-order valence-corrected chi connectivity index (χ0v) is 14.5. The minimum Gasteiger partial charge on any atom is -0.369 e. The smallest absolute Gasteiger partial charge is 0.253 e. The molecule has 1 aliphatic heterocycles. The summed E-state index contributed by atoms with van der Waals surface area (Å²) >= 11 is 0. The van der Waals surface area contributed by atoms with Crippen molar-refractivity contribution in [3.05, 3.63) is 35.4 Å². The Morgan fingerprint density at radius 2 is 1.71 bits per heavy atom. The summed E-state index contributed by atoms with van der Waals surface area (Å²) in [6, 6.07) is 6.58. The van der Waals surface area contributed by atoms with Crippen LogP contribution in [-0.4, -0.2) is 41.2 Å². The maximum atomic E-state index is 12.6. The van der Waals surface area contributed by atoms with E-state index >= 15 is 0 Å². The van der Waals surface area contributed by atoms with Crippen molar-refractivity contribution in [1.29, 1.82) is 0 Å². The van der Waals surface area contributed by atoms with Gasteiger partial charge in [0.05, 0.1) is 5.92 Å². The van der Waals surface area contributed by atoms with Crippen LogP contribution in [0.3, 0.4) is 0 Å². The van der Waals surface area contributed by atoms with Gasteiger partial charge in [0.25, 0.3) is 11.8 Å². The number of amides is 3. The SMILES string of the molecule is CC(C)(C)NC(=O)c1ccc(C(=O)N2CCCC(C(N)=O)C2)cc1. The first-order valence-corrected chi connectivity index (χ1v) is 8.18. The van der Waals surface area contributed by atoms with Crippen LogP contribution < -0.4 is 11.1 Å². The van der Waals surface area contributed by atoms with Crippen LogP contribution in [0.25, 0.3) is 0 Å². The Hall–Kier alpha value is -2.37. The fraction of sp³-hybridized carbons (Fsp3) is 0.500. The van der Waals surface area contributed by atoms with E-state index in [0.29, 0.717) is 24.2 Å². The number of benzene rings is 1. The van der Waals surface area contributed by atoms with Crippen molar-refractivity contribution in [3.63, 3.8) is 0 Å². The van der Waals surface area contributed by atoms with Gasteiger partial charge in [-0.3, -0.25) is 14.4 Å². The Balaban J connectivity index is 2.06. The Morgan fingerprint density at radius 1 is 1.12 bits per heavy atom. The van der Waals surface area contributed by atoms with E-state index in [1.807, 2.05) is 20.8 Å². The number of nitrogens with one attached hydrogen (secondary N) is 1. The highest BCUT2D eigenvalue weighted by atomic mass is 16.2. The van der Waals surface area contributed by atoms with Gasteiger partial charge in [0.2, 0.25) is 5.91 Å². The Kier molecular flexibility index (Phi) is 5.26. The third-order valence-electron chi connectivity index (χ3n) is 3.99. The first kappa shape index (κ1) is 18.0. The molecule has 6 heteroatoms. The molecular weight excluding hydrogens is 306 g/mol. The molecule has 6 nitrogen and oxygen atoms in total. The standard InChI is InChI=1S/C18H25N3O3/c1-18(2,3)20-16(23)12-6-8-13(9-7-12)17(24)21-10-4-5-14(11-21)15(19)22/h6-9,14H,4-5,10-11H2,1-3H3,(H2,19,22)(H,20,23). The molecule has 1 aliphatic rings. The highest BCUT2D eigenvalue weighted by Gasteiger charge is 2.27. The normalized spacial score (nSPS) is 18.1. The largest absolute Gasteiger partial charge is 0.369 e. The predicted octanol–water partition coefficient (Wildman–Crippen LogP) is 1.55. The highest BCUT2D eigenvalue weighted by Crippen LogP contribution is 2.18. The van der Waals surface area contributed by atoms with Gasteiger partial charge in [-0.15, -0.1) is 0 Å². The molecule has 1 aromatic carbocycles. The first-order chi connectivity index (χ1) is 11.2. The molecule has 1 fully saturated rings. The summed E-state index contributed by atoms with van der Waals surface area (Å²) in [5.74, 6) is -0.946. The molecule has 0 spiro atoms. The molecule has 130 valence electrons. The fourth-order valence-electron chi connectivity index (χ4n) is 2.75. The van der Waals surface area contributed by atoms with Crippen LogP contribution in [0.15, 0.2) is 24.3 Å². The molecule has 1 heterocycles. The minimum absolute atomic E-state index is 0.135. The van der Waals surface area contributed by atoms with Crippen molar-refractivity contribution in [1.82, 2.24) is 10.2 Å². The predicted molar refractivity (Wildman–Crippen MR) is 91.5 cm³/mol. The molecule has 24 heavy (non-hydrogen) atoms. The lowest BCUT2D eigenvalue weighted by Crippen LogP contribution is -2.44. The van der Waals surface area contributed by atoms with Crippen molar-refractivity contribution in [3.8, 4) is 0 Å². The number of rotatable bonds is 3. The van der Waals surface area contributed by atoms with Crippen molar-refractivity contribution in [2.45, 2.75) is 39.2 Å². The number of likely N-dealkylation sites (tertiary alicyclic amines) is 1. The van der Waals surface area contributed by atoms with E-state index in [0.717, 1.165) is 12.8 Å². The van der Waals surface area contributed by atoms with Gasteiger partial charge in [0.15, 0.2) is 0 Å². The van der Waals surface area contributed by atoms with Gasteiger partial charge in [-0.05, 0) is 57.9 Å². The molecule has 0 bridgehead atoms. The van der Waals surface area contributed by atoms with Crippen LogP contribution in [-0.2, 0) is 4.79 Å². The van der Waals surface area contributed by atoms with Crippen LogP contribution in [0.4, 0.5) is 0 Å². The molecule has 1 aromatic rings. The zero-order chi connectivity index (χ0) is 17.9. The van der Waals surface area contributed by atoms with E-state index in [4.69, 9.17) is 5.73 Å². The summed E-state index contributed by atoms with van der Waals surface area (Å²) in [4.78, 5) is 37.6. The summed E-state index contributed by atoms with van der Waals surface area (Å²) in [5, 5.41) is 2.88. The van der Waals surface area contributed by atoms with Crippen molar-refractivity contribution < 1.29 is 14.4 Å². The topological polar surface area (TPSA) is 92.5 Å². The Morgan fingerprint density at radius 3 is 2.25 bits per heavy atom. The van der Waals surface area contributed by atoms with Crippen LogP contribution >= 0.6 is 0 Å². The van der Waals surface area contributed by atoms with E-state index in [1.54, 1.807) is 29.2 Å². The lowest BCUT2D eigenvalue weighted by Gasteiger charge is -2.31. The fourth-order valence-corrected chi connectivity index (χ4v) is 2.75. The van der Waals surface area contributed by atoms with Crippen molar-refractivity contribution in [2.24, 2.45) is 11.7 Å². The molecule has 1 saturated heterocycles. The highest BCUT2D eigenvalue weighted by molar-refractivity contribution is 5.98. The lowest BCUT2D eigenvalue weighted by molar-refractivity contribution is -0.123. The summed E-state index contributed by atoms with van der Waals surface area (Å²) in [6.07, 6.45) is 1.50. The molecule has 0 saturated carbocycles. The molecule has 1 atom stereocenters. The zero-order valence-electron chi connectivity index (χ0n) is 14.5. The van der Waals surface area contributed by atoms with E-state index in [2.05, 4.69) is 5.32 Å².